The number of methoxy groups -OCH3 is 1. The monoisotopic (exact) mass is 800 g/mol. The second-order valence-corrected chi connectivity index (χ2v) is 15.8. The van der Waals surface area contributed by atoms with Gasteiger partial charge in [-0.3, -0.25) is 0 Å². The molecule has 1 radical (unpaired) electrons. The maximum Gasteiger partial charge on any atom is 2.00 e. The van der Waals surface area contributed by atoms with E-state index in [0.717, 1.165) is 29.6 Å². The summed E-state index contributed by atoms with van der Waals surface area (Å²) in [7, 11) is 0.616. The van der Waals surface area contributed by atoms with Crippen LogP contribution in [0.5, 0.6) is 0 Å². The molecular formula is C44H41BrNiO2P2+. The van der Waals surface area contributed by atoms with Crippen molar-refractivity contribution in [2.75, 3.05) is 7.11 Å². The number of ether oxygens (including phenoxy) is 1. The van der Waals surface area contributed by atoms with Gasteiger partial charge in [0.2, 0.25) is 0 Å². The first-order valence-corrected chi connectivity index (χ1v) is 19.4. The summed E-state index contributed by atoms with van der Waals surface area (Å²) in [6.45, 7) is 1.91. The average molecular weight is 802 g/mol. The van der Waals surface area contributed by atoms with Crippen LogP contribution in [0, 0.1) is 0 Å². The van der Waals surface area contributed by atoms with Crippen molar-refractivity contribution >= 4 is 37.3 Å². The molecule has 0 heterocycles. The third kappa shape index (κ3) is 12.6. The second kappa shape index (κ2) is 22.2. The van der Waals surface area contributed by atoms with Gasteiger partial charge in [0.1, 0.15) is 0 Å². The minimum Gasteiger partial charge on any atom is -1.00 e. The summed E-state index contributed by atoms with van der Waals surface area (Å²) >= 11 is 0. The molecule has 0 amide bonds. The van der Waals surface area contributed by atoms with Gasteiger partial charge in [-0.05, 0) is 71.1 Å². The van der Waals surface area contributed by atoms with Crippen molar-refractivity contribution in [3.63, 3.8) is 0 Å². The van der Waals surface area contributed by atoms with Gasteiger partial charge in [0.05, 0.1) is 7.11 Å². The largest absolute Gasteiger partial charge is 2.00 e. The zero-order valence-corrected chi connectivity index (χ0v) is 32.6. The van der Waals surface area contributed by atoms with Gasteiger partial charge in [0, 0.05) is 11.7 Å². The van der Waals surface area contributed by atoms with E-state index in [4.69, 9.17) is 4.74 Å². The van der Waals surface area contributed by atoms with Gasteiger partial charge in [0.25, 0.3) is 0 Å². The topological polar surface area (TPSA) is 29.1 Å². The summed E-state index contributed by atoms with van der Waals surface area (Å²) in [4.78, 5) is 0. The van der Waals surface area contributed by atoms with Crippen molar-refractivity contribution in [2.24, 2.45) is 0 Å². The molecule has 0 saturated carbocycles. The van der Waals surface area contributed by atoms with Crippen LogP contribution in [-0.4, -0.2) is 7.11 Å². The molecule has 6 rings (SSSR count). The predicted octanol–water partition coefficient (Wildman–Crippen LogP) is 7.44. The van der Waals surface area contributed by atoms with Crippen LogP contribution < -0.4 is 32.9 Å². The molecule has 6 heteroatoms. The molecule has 0 aliphatic heterocycles. The molecule has 255 valence electrons. The third-order valence-electron chi connectivity index (χ3n) is 7.91. The van der Waals surface area contributed by atoms with Crippen molar-refractivity contribution in [3.8, 4) is 0 Å². The molecule has 0 unspecified atom stereocenters. The number of allylic oxidation sites excluding steroid dienone is 1. The van der Waals surface area contributed by atoms with Crippen LogP contribution in [0.4, 0.5) is 0 Å². The van der Waals surface area contributed by atoms with Crippen molar-refractivity contribution < 1.29 is 43.3 Å². The van der Waals surface area contributed by atoms with Gasteiger partial charge >= 0.3 is 22.4 Å². The van der Waals surface area contributed by atoms with E-state index >= 15 is 0 Å². The summed E-state index contributed by atoms with van der Waals surface area (Å²) in [5.74, 6) is -0.448. The Labute approximate surface area is 321 Å². The van der Waals surface area contributed by atoms with Gasteiger partial charge in [-0.25, -0.2) is 5.11 Å². The minimum atomic E-state index is -0.549. The fourth-order valence-corrected chi connectivity index (χ4v) is 10.2. The van der Waals surface area contributed by atoms with Crippen molar-refractivity contribution in [3.05, 3.63) is 210 Å². The van der Waals surface area contributed by atoms with E-state index in [1.165, 1.54) is 39.7 Å². The number of rotatable bonds is 11. The Morgan fingerprint density at radius 2 is 0.920 bits per heavy atom. The molecule has 0 aliphatic carbocycles. The smallest absolute Gasteiger partial charge is 1.00 e. The van der Waals surface area contributed by atoms with Crippen LogP contribution in [0.3, 0.4) is 0 Å². The van der Waals surface area contributed by atoms with Crippen molar-refractivity contribution in [2.45, 2.75) is 25.4 Å². The number of hydrogen-bond donors (Lipinski definition) is 0. The molecule has 0 spiro atoms. The van der Waals surface area contributed by atoms with E-state index in [9.17, 15) is 5.11 Å². The Bertz CT molecular complexity index is 1800. The number of benzene rings is 6. The summed E-state index contributed by atoms with van der Waals surface area (Å²) in [6.07, 6.45) is 3.20. The molecule has 0 N–H and O–H groups in total. The molecule has 0 atom stereocenters. The van der Waals surface area contributed by atoms with Gasteiger partial charge in [-0.15, -0.1) is 0 Å². The molecule has 2 nitrogen and oxygen atoms in total. The molecule has 0 aromatic heterocycles. The molecule has 6 aromatic carbocycles. The van der Waals surface area contributed by atoms with Crippen molar-refractivity contribution in [1.29, 1.82) is 0 Å². The van der Waals surface area contributed by atoms with Crippen LogP contribution in [0.1, 0.15) is 29.2 Å². The van der Waals surface area contributed by atoms with Gasteiger partial charge in [-0.1, -0.05) is 184 Å². The van der Waals surface area contributed by atoms with Gasteiger partial charge in [0.15, 0.2) is 0 Å². The van der Waals surface area contributed by atoms with Crippen LogP contribution in [-0.2, 0) is 44.8 Å². The summed E-state index contributed by atoms with van der Waals surface area (Å²) in [6, 6.07) is 62.1. The standard InChI is InChI=1S/C24H22O2P.C20H19P.BrH.Ni/c1-19(17-24(25)26-2)23-16-10-9-11-20(23)18-27(21-12-5-3-6-13-21)22-14-7-4-8-15-22;1-4-10-18(11-5-1)16-21(20-14-8-3-9-15-20)17-19-12-6-2-7-13-19;;/h3-16H,18H2,1-2H3;1-15H,16-17H2;1H;/q;;;+2/p-1. The van der Waals surface area contributed by atoms with E-state index in [2.05, 4.69) is 151 Å². The van der Waals surface area contributed by atoms with Crippen LogP contribution in [0.25, 0.3) is 5.57 Å². The summed E-state index contributed by atoms with van der Waals surface area (Å²) in [5.41, 5.74) is 8.73. The molecule has 50 heavy (non-hydrogen) atoms. The van der Waals surface area contributed by atoms with Crippen molar-refractivity contribution in [1.82, 2.24) is 0 Å². The predicted molar refractivity (Wildman–Crippen MR) is 206 cm³/mol. The summed E-state index contributed by atoms with van der Waals surface area (Å²) in [5, 5.41) is 15.8. The first kappa shape index (κ1) is 40.7. The van der Waals surface area contributed by atoms with Crippen LogP contribution in [0.15, 0.2) is 188 Å². The molecule has 0 bridgehead atoms. The van der Waals surface area contributed by atoms with Gasteiger partial charge < -0.3 is 21.7 Å². The minimum absolute atomic E-state index is 0. The Kier molecular flexibility index (Phi) is 18.0. The zero-order valence-electron chi connectivity index (χ0n) is 28.3. The van der Waals surface area contributed by atoms with Crippen LogP contribution in [0.2, 0.25) is 0 Å². The fourth-order valence-electron chi connectivity index (χ4n) is 5.50. The first-order chi connectivity index (χ1) is 23.6. The quantitative estimate of drug-likeness (QED) is 0.0581. The zero-order chi connectivity index (χ0) is 33.4. The first-order valence-electron chi connectivity index (χ1n) is 16.1. The van der Waals surface area contributed by atoms with E-state index in [-0.39, 0.29) is 41.4 Å². The molecule has 6 aromatic rings. The Morgan fingerprint density at radius 3 is 1.36 bits per heavy atom. The maximum absolute atomic E-state index is 11.6. The Morgan fingerprint density at radius 1 is 0.540 bits per heavy atom. The number of hydrogen-bond acceptors (Lipinski definition) is 1. The van der Waals surface area contributed by atoms with Gasteiger partial charge in [-0.2, -0.15) is 0 Å². The molecule has 0 saturated heterocycles. The second-order valence-electron chi connectivity index (χ2n) is 11.3. The maximum atomic E-state index is 11.6. The average Bonchev–Trinajstić information content (AvgIpc) is 3.16. The van der Waals surface area contributed by atoms with E-state index in [0.29, 0.717) is 0 Å². The third-order valence-corrected chi connectivity index (χ3v) is 12.9. The van der Waals surface area contributed by atoms with E-state index in [1.54, 1.807) is 0 Å². The SMILES string of the molecule is COC([O])=C=C(C)c1ccccc1CP(c1ccccc1)c1ccccc1.[Br-].[Ni+2].c1ccc(CP(Cc2ccccc2)c2ccccc2)cc1. The number of halogens is 1. The normalized spacial score (nSPS) is 10.1. The van der Waals surface area contributed by atoms with E-state index < -0.39 is 13.9 Å². The fraction of sp³-hybridized carbons (Fsp3) is 0.114. The van der Waals surface area contributed by atoms with E-state index in [1.807, 2.05) is 37.3 Å². The molecule has 0 fully saturated rings. The Balaban J connectivity index is 0.000000267. The molecular weight excluding hydrogens is 761 g/mol. The molecule has 0 aliphatic rings. The van der Waals surface area contributed by atoms with Crippen LogP contribution >= 0.6 is 15.8 Å². The summed E-state index contributed by atoms with van der Waals surface area (Å²) < 4.78 is 4.74. The Hall–Kier alpha value is -3.73.